The first-order chi connectivity index (χ1) is 15.0. The van der Waals surface area contributed by atoms with Gasteiger partial charge in [0.15, 0.2) is 11.4 Å². The number of nitrogens with zero attached hydrogens (tertiary/aromatic N) is 4. The molecule has 8 heteroatoms. The van der Waals surface area contributed by atoms with Gasteiger partial charge in [0.1, 0.15) is 11.7 Å². The maximum absolute atomic E-state index is 14.0. The van der Waals surface area contributed by atoms with Crippen LogP contribution in [0.3, 0.4) is 0 Å². The first-order valence-electron chi connectivity index (χ1n) is 9.87. The van der Waals surface area contributed by atoms with E-state index in [-0.39, 0.29) is 5.91 Å². The number of hydrogen-bond acceptors (Lipinski definition) is 6. The Kier molecular flexibility index (Phi) is 4.35. The molecule has 156 valence electrons. The number of pyridine rings is 1. The van der Waals surface area contributed by atoms with Crippen molar-refractivity contribution in [2.75, 3.05) is 12.0 Å². The molecule has 4 aromatic rings. The second kappa shape index (κ2) is 7.09. The Hall–Kier alpha value is -3.94. The number of carbonyl (C=O) groups excluding carboxylic acids is 2. The maximum Gasteiger partial charge on any atom is 0.329 e. The minimum absolute atomic E-state index is 0.309. The molecule has 1 aliphatic rings. The molecule has 4 heterocycles. The molecule has 1 aliphatic heterocycles. The van der Waals surface area contributed by atoms with E-state index in [1.807, 2.05) is 31.2 Å². The second-order valence-electron chi connectivity index (χ2n) is 7.49. The van der Waals surface area contributed by atoms with Crippen LogP contribution in [-0.2, 0) is 23.0 Å². The summed E-state index contributed by atoms with van der Waals surface area (Å²) in [7, 11) is 3.11. The van der Waals surface area contributed by atoms with Crippen molar-refractivity contribution in [1.82, 2.24) is 14.8 Å². The monoisotopic (exact) mass is 416 g/mol. The second-order valence-corrected chi connectivity index (χ2v) is 7.49. The third-order valence-electron chi connectivity index (χ3n) is 5.64. The first-order valence-corrected chi connectivity index (χ1v) is 9.87. The van der Waals surface area contributed by atoms with Crippen molar-refractivity contribution in [3.8, 4) is 11.5 Å². The lowest BCUT2D eigenvalue weighted by molar-refractivity contribution is -0.141. The smallest absolute Gasteiger partial charge is 0.329 e. The van der Waals surface area contributed by atoms with Gasteiger partial charge in [-0.1, -0.05) is 18.2 Å². The van der Waals surface area contributed by atoms with Crippen LogP contribution in [0.5, 0.6) is 0 Å². The molecule has 0 spiro atoms. The Bertz CT molecular complexity index is 1320. The average molecular weight is 416 g/mol. The Morgan fingerprint density at radius 2 is 2.00 bits per heavy atom. The van der Waals surface area contributed by atoms with E-state index in [0.29, 0.717) is 45.9 Å². The van der Waals surface area contributed by atoms with E-state index in [2.05, 4.69) is 10.1 Å². The summed E-state index contributed by atoms with van der Waals surface area (Å²) in [6.07, 6.45) is 1.96. The fourth-order valence-corrected chi connectivity index (χ4v) is 4.26. The SMILES string of the molecule is COC(=O)C1Cc2ccccc2N1C(=O)c1cc(-c2ccco2)nc2c1c(C)nn2C. The summed E-state index contributed by atoms with van der Waals surface area (Å²) in [5, 5.41) is 5.11. The summed E-state index contributed by atoms with van der Waals surface area (Å²) in [6, 6.07) is 12.0. The lowest BCUT2D eigenvalue weighted by Crippen LogP contribution is -2.43. The molecule has 0 bridgehead atoms. The minimum atomic E-state index is -0.734. The van der Waals surface area contributed by atoms with E-state index in [1.165, 1.54) is 12.0 Å². The molecule has 0 saturated carbocycles. The lowest BCUT2D eigenvalue weighted by Gasteiger charge is -2.24. The summed E-state index contributed by atoms with van der Waals surface area (Å²) in [5.41, 5.74) is 3.80. The van der Waals surface area contributed by atoms with Crippen LogP contribution in [0, 0.1) is 6.92 Å². The number of aryl methyl sites for hydroxylation is 2. The standard InChI is InChI=1S/C23H20N4O4/c1-13-20-15(12-16(19-9-6-10-31-19)24-21(20)26(2)25-13)22(28)27-17-8-5-4-7-14(17)11-18(27)23(29)30-3/h4-10,12,18H,11H2,1-3H3. The van der Waals surface area contributed by atoms with Crippen molar-refractivity contribution in [2.45, 2.75) is 19.4 Å². The number of aromatic nitrogens is 3. The molecule has 8 nitrogen and oxygen atoms in total. The summed E-state index contributed by atoms with van der Waals surface area (Å²) < 4.78 is 12.2. The van der Waals surface area contributed by atoms with Crippen molar-refractivity contribution in [3.05, 3.63) is 65.5 Å². The van der Waals surface area contributed by atoms with Crippen LogP contribution in [0.2, 0.25) is 0 Å². The number of benzene rings is 1. The molecule has 1 amide bonds. The van der Waals surface area contributed by atoms with Crippen LogP contribution < -0.4 is 4.90 Å². The van der Waals surface area contributed by atoms with Crippen LogP contribution in [0.25, 0.3) is 22.5 Å². The number of esters is 1. The molecule has 5 rings (SSSR count). The molecule has 31 heavy (non-hydrogen) atoms. The van der Waals surface area contributed by atoms with Crippen LogP contribution in [0.15, 0.2) is 53.1 Å². The van der Waals surface area contributed by atoms with Gasteiger partial charge in [0, 0.05) is 19.2 Å². The quantitative estimate of drug-likeness (QED) is 0.476. The van der Waals surface area contributed by atoms with Crippen molar-refractivity contribution in [3.63, 3.8) is 0 Å². The van der Waals surface area contributed by atoms with Gasteiger partial charge >= 0.3 is 5.97 Å². The van der Waals surface area contributed by atoms with Gasteiger partial charge in [-0.2, -0.15) is 5.10 Å². The highest BCUT2D eigenvalue weighted by molar-refractivity contribution is 6.17. The topological polar surface area (TPSA) is 90.5 Å². The molecule has 0 saturated heterocycles. The molecule has 1 atom stereocenters. The van der Waals surface area contributed by atoms with E-state index in [0.717, 1.165) is 5.56 Å². The van der Waals surface area contributed by atoms with Gasteiger partial charge in [0.2, 0.25) is 0 Å². The summed E-state index contributed by atoms with van der Waals surface area (Å²) in [4.78, 5) is 32.7. The Morgan fingerprint density at radius 1 is 1.19 bits per heavy atom. The van der Waals surface area contributed by atoms with E-state index in [1.54, 1.807) is 36.2 Å². The molecular weight excluding hydrogens is 396 g/mol. The fraction of sp³-hybridized carbons (Fsp3) is 0.217. The highest BCUT2D eigenvalue weighted by atomic mass is 16.5. The number of furan rings is 1. The number of ether oxygens (including phenoxy) is 1. The van der Waals surface area contributed by atoms with Gasteiger partial charge in [-0.05, 0) is 36.8 Å². The Labute approximate surface area is 178 Å². The molecule has 1 unspecified atom stereocenters. The van der Waals surface area contributed by atoms with E-state index in [9.17, 15) is 9.59 Å². The number of rotatable bonds is 3. The van der Waals surface area contributed by atoms with Crippen LogP contribution in [0.1, 0.15) is 21.6 Å². The average Bonchev–Trinajstić information content (AvgIpc) is 3.50. The van der Waals surface area contributed by atoms with Gasteiger partial charge in [0.05, 0.1) is 30.0 Å². The number of carbonyl (C=O) groups is 2. The van der Waals surface area contributed by atoms with E-state index < -0.39 is 12.0 Å². The number of fused-ring (bicyclic) bond motifs is 2. The molecular formula is C23H20N4O4. The molecule has 0 aliphatic carbocycles. The highest BCUT2D eigenvalue weighted by Gasteiger charge is 2.40. The zero-order valence-corrected chi connectivity index (χ0v) is 17.3. The van der Waals surface area contributed by atoms with Gasteiger partial charge in [-0.25, -0.2) is 9.78 Å². The van der Waals surface area contributed by atoms with Crippen LogP contribution >= 0.6 is 0 Å². The molecule has 0 fully saturated rings. The maximum atomic E-state index is 14.0. The summed E-state index contributed by atoms with van der Waals surface area (Å²) in [5.74, 6) is -0.221. The van der Waals surface area contributed by atoms with Crippen LogP contribution in [-0.4, -0.2) is 39.8 Å². The largest absolute Gasteiger partial charge is 0.467 e. The lowest BCUT2D eigenvalue weighted by atomic mass is 10.1. The number of anilines is 1. The normalized spacial score (nSPS) is 15.3. The zero-order chi connectivity index (χ0) is 21.7. The van der Waals surface area contributed by atoms with E-state index >= 15 is 0 Å². The fourth-order valence-electron chi connectivity index (χ4n) is 4.26. The van der Waals surface area contributed by atoms with Crippen molar-refractivity contribution in [2.24, 2.45) is 7.05 Å². The predicted octanol–water partition coefficient (Wildman–Crippen LogP) is 3.28. The third-order valence-corrected chi connectivity index (χ3v) is 5.64. The van der Waals surface area contributed by atoms with Gasteiger partial charge in [-0.15, -0.1) is 0 Å². The molecule has 3 aromatic heterocycles. The molecule has 1 aromatic carbocycles. The van der Waals surface area contributed by atoms with Crippen LogP contribution in [0.4, 0.5) is 5.69 Å². The van der Waals surface area contributed by atoms with Gasteiger partial charge < -0.3 is 9.15 Å². The number of para-hydroxylation sites is 1. The summed E-state index contributed by atoms with van der Waals surface area (Å²) in [6.45, 7) is 1.84. The minimum Gasteiger partial charge on any atom is -0.467 e. The van der Waals surface area contributed by atoms with Crippen molar-refractivity contribution in [1.29, 1.82) is 0 Å². The molecule has 0 radical (unpaired) electrons. The number of amides is 1. The van der Waals surface area contributed by atoms with Gasteiger partial charge in [0.25, 0.3) is 5.91 Å². The first kappa shape index (κ1) is 19.0. The number of methoxy groups -OCH3 is 1. The van der Waals surface area contributed by atoms with Gasteiger partial charge in [-0.3, -0.25) is 14.4 Å². The Balaban J connectivity index is 1.73. The zero-order valence-electron chi connectivity index (χ0n) is 17.3. The van der Waals surface area contributed by atoms with Crippen molar-refractivity contribution >= 4 is 28.6 Å². The summed E-state index contributed by atoms with van der Waals surface area (Å²) >= 11 is 0. The van der Waals surface area contributed by atoms with Crippen molar-refractivity contribution < 1.29 is 18.7 Å². The number of hydrogen-bond donors (Lipinski definition) is 0. The predicted molar refractivity (Wildman–Crippen MR) is 114 cm³/mol. The Morgan fingerprint density at radius 3 is 2.74 bits per heavy atom. The molecule has 0 N–H and O–H groups in total. The highest BCUT2D eigenvalue weighted by Crippen LogP contribution is 2.36. The third kappa shape index (κ3) is 2.91. The van der Waals surface area contributed by atoms with E-state index in [4.69, 9.17) is 9.15 Å².